The van der Waals surface area contributed by atoms with E-state index in [2.05, 4.69) is 5.32 Å². The number of carbonyl (C=O) groups is 4. The Hall–Kier alpha value is -3.07. The lowest BCUT2D eigenvalue weighted by Crippen LogP contribution is -2.43. The first-order chi connectivity index (χ1) is 13.9. The van der Waals surface area contributed by atoms with Crippen molar-refractivity contribution in [3.63, 3.8) is 0 Å². The van der Waals surface area contributed by atoms with Gasteiger partial charge in [-0.2, -0.15) is 0 Å². The molecule has 1 aliphatic rings. The van der Waals surface area contributed by atoms with Crippen molar-refractivity contribution in [3.05, 3.63) is 54.0 Å². The lowest BCUT2D eigenvalue weighted by atomic mass is 10.1. The summed E-state index contributed by atoms with van der Waals surface area (Å²) < 4.78 is 10.5. The molecule has 0 saturated carbocycles. The molecule has 1 N–H and O–H groups in total. The van der Waals surface area contributed by atoms with Gasteiger partial charge in [0.05, 0.1) is 6.26 Å². The Morgan fingerprint density at radius 1 is 1.17 bits per heavy atom. The van der Waals surface area contributed by atoms with Crippen molar-refractivity contribution in [1.82, 2.24) is 4.90 Å². The smallest absolute Gasteiger partial charge is 0.330 e. The monoisotopic (exact) mass is 416 g/mol. The third kappa shape index (κ3) is 4.86. The molecule has 0 unspecified atom stereocenters. The van der Waals surface area contributed by atoms with E-state index < -0.39 is 29.9 Å². The zero-order valence-electron chi connectivity index (χ0n) is 15.9. The number of nitrogens with one attached hydrogen (secondary N) is 1. The molecule has 29 heavy (non-hydrogen) atoms. The largest absolute Gasteiger partial charge is 0.466 e. The van der Waals surface area contributed by atoms with Crippen molar-refractivity contribution in [2.24, 2.45) is 0 Å². The van der Waals surface area contributed by atoms with Crippen LogP contribution in [0.25, 0.3) is 0 Å². The number of thioether (sulfide) groups is 1. The molecule has 1 saturated heterocycles. The summed E-state index contributed by atoms with van der Waals surface area (Å²) in [6.07, 6.45) is 1.51. The molecule has 2 heterocycles. The summed E-state index contributed by atoms with van der Waals surface area (Å²) in [4.78, 5) is 49.3. The lowest BCUT2D eigenvalue weighted by molar-refractivity contribution is -0.155. The number of hydrogen-bond acceptors (Lipinski definition) is 7. The lowest BCUT2D eigenvalue weighted by Gasteiger charge is -2.25. The van der Waals surface area contributed by atoms with Crippen molar-refractivity contribution in [3.8, 4) is 0 Å². The molecule has 0 spiro atoms. The number of hydrogen-bond donors (Lipinski definition) is 1. The molecule has 1 fully saturated rings. The number of ether oxygens (including phenoxy) is 1. The average Bonchev–Trinajstić information content (AvgIpc) is 3.35. The molecule has 2 aromatic rings. The fourth-order valence-electron chi connectivity index (χ4n) is 2.94. The highest BCUT2D eigenvalue weighted by Gasteiger charge is 2.43. The molecule has 9 heteroatoms. The summed E-state index contributed by atoms with van der Waals surface area (Å²) in [6, 6.07) is 9.04. The first-order valence-electron chi connectivity index (χ1n) is 8.88. The van der Waals surface area contributed by atoms with Gasteiger partial charge in [0.1, 0.15) is 17.2 Å². The third-order valence-electron chi connectivity index (χ3n) is 4.34. The fraction of sp³-hybridized carbons (Fsp3) is 0.300. The number of furan rings is 1. The summed E-state index contributed by atoms with van der Waals surface area (Å²) in [5.41, 5.74) is 1.01. The van der Waals surface area contributed by atoms with E-state index >= 15 is 0 Å². The molecule has 2 atom stereocenters. The van der Waals surface area contributed by atoms with Crippen molar-refractivity contribution >= 4 is 41.0 Å². The maximum Gasteiger partial charge on any atom is 0.330 e. The maximum absolute atomic E-state index is 12.5. The third-order valence-corrected chi connectivity index (χ3v) is 5.63. The van der Waals surface area contributed by atoms with Crippen LogP contribution >= 0.6 is 11.8 Å². The van der Waals surface area contributed by atoms with Crippen LogP contribution in [0.3, 0.4) is 0 Å². The Kier molecular flexibility index (Phi) is 6.38. The van der Waals surface area contributed by atoms with Gasteiger partial charge in [0.25, 0.3) is 5.91 Å². The molecule has 1 aromatic heterocycles. The number of benzene rings is 1. The molecule has 0 radical (unpaired) electrons. The fourth-order valence-corrected chi connectivity index (χ4v) is 4.36. The number of carbonyl (C=O) groups excluding carboxylic acids is 4. The first-order valence-corrected chi connectivity index (χ1v) is 9.93. The molecule has 1 aromatic carbocycles. The van der Waals surface area contributed by atoms with E-state index in [1.54, 1.807) is 36.4 Å². The molecule has 3 rings (SSSR count). The Morgan fingerprint density at radius 3 is 2.48 bits per heavy atom. The highest BCUT2D eigenvalue weighted by Crippen LogP contribution is 2.41. The predicted molar refractivity (Wildman–Crippen MR) is 106 cm³/mol. The van der Waals surface area contributed by atoms with Gasteiger partial charge in [-0.3, -0.25) is 14.4 Å². The van der Waals surface area contributed by atoms with E-state index in [9.17, 15) is 19.2 Å². The zero-order chi connectivity index (χ0) is 21.0. The Labute approximate surface area is 171 Å². The van der Waals surface area contributed by atoms with E-state index in [0.29, 0.717) is 22.8 Å². The number of ketones is 1. The minimum Gasteiger partial charge on any atom is -0.466 e. The van der Waals surface area contributed by atoms with E-state index in [1.165, 1.54) is 36.8 Å². The van der Waals surface area contributed by atoms with E-state index in [1.807, 2.05) is 0 Å². The predicted octanol–water partition coefficient (Wildman–Crippen LogP) is 2.63. The van der Waals surface area contributed by atoms with Crippen LogP contribution in [0.2, 0.25) is 0 Å². The minimum absolute atomic E-state index is 0.0749. The Bertz CT molecular complexity index is 910. The van der Waals surface area contributed by atoms with Crippen molar-refractivity contribution < 1.29 is 28.3 Å². The SMILES string of the molecule is CC(=O)c1ccc(NC(=O)COC(=O)[C@H]2CS[C@@H](c3ccco3)N2C(C)=O)cc1. The van der Waals surface area contributed by atoms with Crippen LogP contribution in [0.15, 0.2) is 47.1 Å². The highest BCUT2D eigenvalue weighted by atomic mass is 32.2. The van der Waals surface area contributed by atoms with Crippen LogP contribution < -0.4 is 5.32 Å². The molecule has 152 valence electrons. The second-order valence-corrected chi connectivity index (χ2v) is 7.55. The van der Waals surface area contributed by atoms with Crippen molar-refractivity contribution in [2.45, 2.75) is 25.3 Å². The van der Waals surface area contributed by atoms with Gasteiger partial charge in [-0.25, -0.2) is 4.79 Å². The van der Waals surface area contributed by atoms with Gasteiger partial charge in [0.15, 0.2) is 12.4 Å². The Balaban J connectivity index is 1.56. The first kappa shape index (κ1) is 20.7. The summed E-state index contributed by atoms with van der Waals surface area (Å²) in [5, 5.41) is 2.18. The van der Waals surface area contributed by atoms with Gasteiger partial charge in [-0.1, -0.05) is 0 Å². The normalized spacial score (nSPS) is 18.3. The molecule has 8 nitrogen and oxygen atoms in total. The highest BCUT2D eigenvalue weighted by molar-refractivity contribution is 7.99. The van der Waals surface area contributed by atoms with Crippen LogP contribution in [0, 0.1) is 0 Å². The van der Waals surface area contributed by atoms with Gasteiger partial charge in [-0.05, 0) is 43.3 Å². The summed E-state index contributed by atoms with van der Waals surface area (Å²) in [7, 11) is 0. The van der Waals surface area contributed by atoms with Gasteiger partial charge in [-0.15, -0.1) is 11.8 Å². The molecular weight excluding hydrogens is 396 g/mol. The number of Topliss-reactive ketones (excluding diaryl/α,β-unsaturated/α-hetero) is 1. The maximum atomic E-state index is 12.5. The van der Waals surface area contributed by atoms with E-state index in [0.717, 1.165) is 0 Å². The van der Waals surface area contributed by atoms with Crippen molar-refractivity contribution in [1.29, 1.82) is 0 Å². The van der Waals surface area contributed by atoms with Gasteiger partial charge in [0, 0.05) is 23.9 Å². The zero-order valence-corrected chi connectivity index (χ0v) is 16.7. The quantitative estimate of drug-likeness (QED) is 0.570. The van der Waals surface area contributed by atoms with Crippen LogP contribution in [0.5, 0.6) is 0 Å². The summed E-state index contributed by atoms with van der Waals surface area (Å²) in [5.74, 6) is -0.604. The van der Waals surface area contributed by atoms with Gasteiger partial charge < -0.3 is 19.4 Å². The van der Waals surface area contributed by atoms with Crippen LogP contribution in [-0.4, -0.2) is 46.9 Å². The van der Waals surface area contributed by atoms with Crippen LogP contribution in [0.1, 0.15) is 35.3 Å². The van der Waals surface area contributed by atoms with E-state index in [-0.39, 0.29) is 11.7 Å². The number of esters is 1. The topological polar surface area (TPSA) is 106 Å². The molecule has 0 bridgehead atoms. The van der Waals surface area contributed by atoms with E-state index in [4.69, 9.17) is 9.15 Å². The van der Waals surface area contributed by atoms with Gasteiger partial charge >= 0.3 is 5.97 Å². The minimum atomic E-state index is -0.796. The Morgan fingerprint density at radius 2 is 1.90 bits per heavy atom. The number of amides is 2. The second-order valence-electron chi connectivity index (χ2n) is 6.43. The molecule has 1 aliphatic heterocycles. The molecule has 2 amide bonds. The van der Waals surface area contributed by atoms with Gasteiger partial charge in [0.2, 0.25) is 5.91 Å². The summed E-state index contributed by atoms with van der Waals surface area (Å²) >= 11 is 1.40. The average molecular weight is 416 g/mol. The number of anilines is 1. The molecule has 0 aliphatic carbocycles. The number of nitrogens with zero attached hydrogens (tertiary/aromatic N) is 1. The summed E-state index contributed by atoms with van der Waals surface area (Å²) in [6.45, 7) is 2.35. The van der Waals surface area contributed by atoms with Crippen molar-refractivity contribution in [2.75, 3.05) is 17.7 Å². The number of rotatable bonds is 6. The van der Waals surface area contributed by atoms with Crippen LogP contribution in [0.4, 0.5) is 5.69 Å². The second kappa shape index (κ2) is 8.95. The standard InChI is InChI=1S/C20H20N2O6S/c1-12(23)14-5-7-15(8-6-14)21-18(25)10-28-20(26)16-11-29-19(22(16)13(2)24)17-4-3-9-27-17/h3-9,16,19H,10-11H2,1-2H3,(H,21,25)/t16-,19+/m1/s1. The molecular formula is C20H20N2O6S. The van der Waals surface area contributed by atoms with Crippen LogP contribution in [-0.2, 0) is 19.1 Å².